The van der Waals surface area contributed by atoms with Crippen LogP contribution in [0.25, 0.3) is 0 Å². The number of ketones is 1. The van der Waals surface area contributed by atoms with Gasteiger partial charge in [-0.3, -0.25) is 10.1 Å². The smallest absolute Gasteiger partial charge is 0.410 e. The number of hydrogen-bond acceptors (Lipinski definition) is 6. The van der Waals surface area contributed by atoms with Crippen molar-refractivity contribution in [3.05, 3.63) is 75.5 Å². The summed E-state index contributed by atoms with van der Waals surface area (Å²) in [5.41, 5.74) is 1.51. The Labute approximate surface area is 232 Å². The molecule has 0 spiro atoms. The molecule has 0 bridgehead atoms. The van der Waals surface area contributed by atoms with Crippen LogP contribution in [-0.4, -0.2) is 24.1 Å². The van der Waals surface area contributed by atoms with Crippen LogP contribution < -0.4 is 10.9 Å². The van der Waals surface area contributed by atoms with Gasteiger partial charge in [-0.1, -0.05) is 77.3 Å². The highest BCUT2D eigenvalue weighted by molar-refractivity contribution is 5.99. The van der Waals surface area contributed by atoms with Crippen LogP contribution in [0.3, 0.4) is 0 Å². The van der Waals surface area contributed by atoms with Gasteiger partial charge in [0, 0.05) is 24.1 Å². The average molecular weight is 540 g/mol. The Morgan fingerprint density at radius 2 is 1.77 bits per heavy atom. The van der Waals surface area contributed by atoms with Crippen LogP contribution in [0, 0.1) is 11.8 Å². The highest BCUT2D eigenvalue weighted by atomic mass is 16.5. The molecule has 2 unspecified atom stereocenters. The van der Waals surface area contributed by atoms with Crippen LogP contribution in [0.2, 0.25) is 0 Å². The van der Waals surface area contributed by atoms with E-state index in [1.54, 1.807) is 13.0 Å². The molecular weight excluding hydrogens is 494 g/mol. The second-order valence-electron chi connectivity index (χ2n) is 10.7. The van der Waals surface area contributed by atoms with E-state index in [0.717, 1.165) is 12.8 Å². The number of aromatic hydroxyl groups is 1. The highest BCUT2D eigenvalue weighted by Crippen LogP contribution is 2.28. The fourth-order valence-electron chi connectivity index (χ4n) is 4.77. The summed E-state index contributed by atoms with van der Waals surface area (Å²) in [7, 11) is 1.28. The normalized spacial score (nSPS) is 13.7. The van der Waals surface area contributed by atoms with Gasteiger partial charge in [-0.2, -0.15) is 0 Å². The third-order valence-corrected chi connectivity index (χ3v) is 7.08. The largest absolute Gasteiger partial charge is 0.507 e. The zero-order valence-corrected chi connectivity index (χ0v) is 24.1. The van der Waals surface area contributed by atoms with Crippen LogP contribution in [0.4, 0.5) is 4.79 Å². The van der Waals surface area contributed by atoms with E-state index >= 15 is 0 Å². The monoisotopic (exact) mass is 539 g/mol. The molecule has 2 N–H and O–H groups in total. The summed E-state index contributed by atoms with van der Waals surface area (Å²) >= 11 is 0. The molecule has 39 heavy (non-hydrogen) atoms. The van der Waals surface area contributed by atoms with E-state index in [-0.39, 0.29) is 23.1 Å². The maximum Gasteiger partial charge on any atom is 0.410 e. The lowest BCUT2D eigenvalue weighted by Crippen LogP contribution is -2.23. The first-order valence-electron chi connectivity index (χ1n) is 14.1. The zero-order chi connectivity index (χ0) is 28.8. The summed E-state index contributed by atoms with van der Waals surface area (Å²) in [4.78, 5) is 36.8. The quantitative estimate of drug-likeness (QED) is 0.171. The molecule has 1 aromatic heterocycles. The van der Waals surface area contributed by atoms with Crippen molar-refractivity contribution < 1.29 is 23.8 Å². The summed E-state index contributed by atoms with van der Waals surface area (Å²) in [5, 5.41) is 13.0. The number of ether oxygens (including phenoxy) is 1. The first kappa shape index (κ1) is 31.9. The number of Topliss-reactive ketones (excluding diaryl/α,β-unsaturated/α-hetero) is 1. The molecule has 1 amide bonds. The number of carbonyl (C=O) groups excluding carboxylic acids is 2. The van der Waals surface area contributed by atoms with Crippen LogP contribution in [-0.2, 0) is 17.6 Å². The number of aryl methyl sites for hydroxylation is 1. The minimum absolute atomic E-state index is 0.171. The second-order valence-corrected chi connectivity index (χ2v) is 10.7. The Morgan fingerprint density at radius 3 is 2.41 bits per heavy atom. The van der Waals surface area contributed by atoms with Crippen molar-refractivity contribution in [2.24, 2.45) is 11.8 Å². The number of carbonyl (C=O) groups is 2. The summed E-state index contributed by atoms with van der Waals surface area (Å²) in [6.07, 6.45) is 11.5. The number of alkyl carbamates (subject to hydrolysis) is 1. The van der Waals surface area contributed by atoms with Gasteiger partial charge in [0.2, 0.25) is 0 Å². The van der Waals surface area contributed by atoms with Gasteiger partial charge in [0.25, 0.3) is 0 Å². The van der Waals surface area contributed by atoms with E-state index in [9.17, 15) is 19.5 Å². The number of amides is 1. The number of hydrogen-bond donors (Lipinski definition) is 2. The van der Waals surface area contributed by atoms with Gasteiger partial charge in [-0.05, 0) is 55.6 Å². The maximum absolute atomic E-state index is 13.1. The molecule has 0 fully saturated rings. The number of methoxy groups -OCH3 is 1. The molecule has 7 nitrogen and oxygen atoms in total. The molecule has 2 aromatic rings. The SMILES string of the molecule is CCCCCCc1ccc(C[C@@H](C)CC(C)C(=O)c2c(O)cc(C(C)CC/C=C/NC(=O)OC)oc2=O)cc1. The Bertz CT molecular complexity index is 1130. The zero-order valence-electron chi connectivity index (χ0n) is 24.1. The van der Waals surface area contributed by atoms with E-state index in [1.165, 1.54) is 56.2 Å². The molecule has 7 heteroatoms. The van der Waals surface area contributed by atoms with Crippen molar-refractivity contribution in [1.82, 2.24) is 5.32 Å². The van der Waals surface area contributed by atoms with E-state index in [0.29, 0.717) is 25.0 Å². The number of nitrogens with one attached hydrogen (secondary N) is 1. The molecule has 0 aliphatic heterocycles. The van der Waals surface area contributed by atoms with Gasteiger partial charge in [0.05, 0.1) is 7.11 Å². The fraction of sp³-hybridized carbons (Fsp3) is 0.531. The first-order valence-corrected chi connectivity index (χ1v) is 14.1. The summed E-state index contributed by atoms with van der Waals surface area (Å²) in [6, 6.07) is 10.1. The van der Waals surface area contributed by atoms with Crippen LogP contribution in [0.1, 0.15) is 106 Å². The molecule has 0 aliphatic carbocycles. The number of rotatable bonds is 16. The van der Waals surface area contributed by atoms with Crippen molar-refractivity contribution in [3.63, 3.8) is 0 Å². The second kappa shape index (κ2) is 16.6. The Hall–Kier alpha value is -3.35. The van der Waals surface area contributed by atoms with Gasteiger partial charge >= 0.3 is 11.7 Å². The molecular formula is C32H45NO6. The molecule has 0 saturated carbocycles. The predicted molar refractivity (Wildman–Crippen MR) is 154 cm³/mol. The number of benzene rings is 1. The van der Waals surface area contributed by atoms with E-state index in [4.69, 9.17) is 4.42 Å². The molecule has 214 valence electrons. The van der Waals surface area contributed by atoms with Crippen molar-refractivity contribution in [1.29, 1.82) is 0 Å². The van der Waals surface area contributed by atoms with Crippen LogP contribution in [0.15, 0.2) is 51.8 Å². The molecule has 3 atom stereocenters. The highest BCUT2D eigenvalue weighted by Gasteiger charge is 2.26. The van der Waals surface area contributed by atoms with Crippen molar-refractivity contribution in [3.8, 4) is 5.75 Å². The predicted octanol–water partition coefficient (Wildman–Crippen LogP) is 7.31. The van der Waals surface area contributed by atoms with Gasteiger partial charge in [-0.25, -0.2) is 9.59 Å². The van der Waals surface area contributed by atoms with Crippen molar-refractivity contribution in [2.75, 3.05) is 7.11 Å². The minimum atomic E-state index is -0.807. The lowest BCUT2D eigenvalue weighted by atomic mass is 9.87. The van der Waals surface area contributed by atoms with E-state index in [2.05, 4.69) is 48.2 Å². The third kappa shape index (κ3) is 10.7. The molecule has 0 radical (unpaired) electrons. The average Bonchev–Trinajstić information content (AvgIpc) is 2.90. The van der Waals surface area contributed by atoms with Crippen LogP contribution in [0.5, 0.6) is 5.75 Å². The molecule has 0 aliphatic rings. The molecule has 1 aromatic carbocycles. The molecule has 0 saturated heterocycles. The standard InChI is InChI=1S/C32H45NO6/c1-6-7-8-9-13-25-14-16-26(17-15-25)20-22(2)19-24(4)30(35)29-27(34)21-28(39-31(29)36)23(3)12-10-11-18-33-32(37)38-5/h11,14-18,21-24,34H,6-10,12-13,19-20H2,1-5H3,(H,33,37)/b18-11+/t22-,23?,24?/m0/s1. The van der Waals surface area contributed by atoms with Gasteiger partial charge in [-0.15, -0.1) is 0 Å². The maximum atomic E-state index is 13.1. The van der Waals surface area contributed by atoms with Crippen molar-refractivity contribution in [2.45, 2.75) is 91.4 Å². The summed E-state index contributed by atoms with van der Waals surface area (Å²) in [5.74, 6) is -0.785. The third-order valence-electron chi connectivity index (χ3n) is 7.08. The Kier molecular flexibility index (Phi) is 13.5. The van der Waals surface area contributed by atoms with Gasteiger partial charge < -0.3 is 14.3 Å². The van der Waals surface area contributed by atoms with Gasteiger partial charge in [0.15, 0.2) is 5.78 Å². The van der Waals surface area contributed by atoms with Crippen LogP contribution >= 0.6 is 0 Å². The van der Waals surface area contributed by atoms with E-state index < -0.39 is 23.4 Å². The summed E-state index contributed by atoms with van der Waals surface area (Å²) < 4.78 is 9.92. The number of allylic oxidation sites excluding steroid dienone is 1. The fourth-order valence-corrected chi connectivity index (χ4v) is 4.77. The van der Waals surface area contributed by atoms with E-state index in [1.807, 2.05) is 6.92 Å². The van der Waals surface area contributed by atoms with Gasteiger partial charge in [0.1, 0.15) is 17.1 Å². The minimum Gasteiger partial charge on any atom is -0.507 e. The number of unbranched alkanes of at least 4 members (excludes halogenated alkanes) is 3. The molecule has 2 rings (SSSR count). The summed E-state index contributed by atoms with van der Waals surface area (Å²) in [6.45, 7) is 7.98. The first-order chi connectivity index (χ1) is 18.7. The Morgan fingerprint density at radius 1 is 1.08 bits per heavy atom. The topological polar surface area (TPSA) is 106 Å². The Balaban J connectivity index is 1.92. The molecule has 1 heterocycles. The lowest BCUT2D eigenvalue weighted by molar-refractivity contribution is 0.0905. The lowest BCUT2D eigenvalue weighted by Gasteiger charge is -2.17. The van der Waals surface area contributed by atoms with Crippen molar-refractivity contribution >= 4 is 11.9 Å².